The molecular formula is C21H24FNO4S. The Balaban J connectivity index is 1.76. The minimum Gasteiger partial charge on any atom is -0.393 e. The van der Waals surface area contributed by atoms with Gasteiger partial charge in [-0.3, -0.25) is 4.79 Å². The van der Waals surface area contributed by atoms with Crippen molar-refractivity contribution in [2.45, 2.75) is 43.6 Å². The number of carbonyl (C=O) groups excluding carboxylic acids is 1. The molecule has 28 heavy (non-hydrogen) atoms. The van der Waals surface area contributed by atoms with Gasteiger partial charge in [0.1, 0.15) is 5.82 Å². The van der Waals surface area contributed by atoms with E-state index in [9.17, 15) is 22.7 Å². The highest BCUT2D eigenvalue weighted by atomic mass is 32.2. The molecule has 2 aromatic carbocycles. The van der Waals surface area contributed by atoms with Gasteiger partial charge in [-0.05, 0) is 67.6 Å². The third-order valence-corrected chi connectivity index (χ3v) is 7.01. The molecule has 1 fully saturated rings. The molecule has 3 rings (SSSR count). The minimum atomic E-state index is -3.62. The number of aryl methyl sites for hydroxylation is 1. The van der Waals surface area contributed by atoms with Crippen LogP contribution in [0.15, 0.2) is 47.4 Å². The van der Waals surface area contributed by atoms with Crippen LogP contribution in [0.2, 0.25) is 0 Å². The van der Waals surface area contributed by atoms with Crippen LogP contribution in [0, 0.1) is 18.7 Å². The van der Waals surface area contributed by atoms with E-state index in [4.69, 9.17) is 0 Å². The summed E-state index contributed by atoms with van der Waals surface area (Å²) in [7, 11) is -3.62. The van der Waals surface area contributed by atoms with Crippen molar-refractivity contribution in [1.82, 2.24) is 0 Å². The van der Waals surface area contributed by atoms with Crippen LogP contribution < -0.4 is 5.32 Å². The first kappa shape index (κ1) is 20.5. The van der Waals surface area contributed by atoms with Gasteiger partial charge in [0.05, 0.1) is 16.8 Å². The third-order valence-electron chi connectivity index (χ3n) is 5.17. The van der Waals surface area contributed by atoms with Gasteiger partial charge in [-0.15, -0.1) is 0 Å². The predicted octanol–water partition coefficient (Wildman–Crippen LogP) is 3.71. The molecule has 0 saturated heterocycles. The molecule has 1 aliphatic carbocycles. The maximum Gasteiger partial charge on any atom is 0.255 e. The molecule has 2 aromatic rings. The van der Waals surface area contributed by atoms with Gasteiger partial charge >= 0.3 is 0 Å². The Labute approximate surface area is 164 Å². The van der Waals surface area contributed by atoms with Gasteiger partial charge in [0.25, 0.3) is 5.91 Å². The number of carbonyl (C=O) groups is 1. The van der Waals surface area contributed by atoms with Gasteiger partial charge in [-0.25, -0.2) is 12.8 Å². The van der Waals surface area contributed by atoms with E-state index < -0.39 is 21.8 Å². The molecule has 7 heteroatoms. The van der Waals surface area contributed by atoms with Crippen LogP contribution in [-0.2, 0) is 9.84 Å². The first-order valence-electron chi connectivity index (χ1n) is 9.34. The zero-order chi connectivity index (χ0) is 20.3. The average Bonchev–Trinajstić information content (AvgIpc) is 2.66. The van der Waals surface area contributed by atoms with Crippen molar-refractivity contribution in [3.8, 4) is 0 Å². The van der Waals surface area contributed by atoms with Crippen LogP contribution >= 0.6 is 0 Å². The molecule has 2 N–H and O–H groups in total. The lowest BCUT2D eigenvalue weighted by Crippen LogP contribution is -2.30. The second kappa shape index (κ2) is 8.41. The van der Waals surface area contributed by atoms with Gasteiger partial charge in [0.2, 0.25) is 0 Å². The number of nitrogens with one attached hydrogen (secondary N) is 1. The lowest BCUT2D eigenvalue weighted by Gasteiger charge is -2.27. The number of hydrogen-bond acceptors (Lipinski definition) is 4. The number of aliphatic hydroxyl groups is 1. The van der Waals surface area contributed by atoms with E-state index in [-0.39, 0.29) is 27.9 Å². The normalized spacial score (nSPS) is 20.0. The van der Waals surface area contributed by atoms with E-state index in [1.807, 2.05) is 0 Å². The molecule has 0 aliphatic heterocycles. The largest absolute Gasteiger partial charge is 0.393 e. The second-order valence-corrected chi connectivity index (χ2v) is 9.37. The number of benzene rings is 2. The Morgan fingerprint density at radius 2 is 1.93 bits per heavy atom. The summed E-state index contributed by atoms with van der Waals surface area (Å²) in [5.74, 6) is -1.24. The minimum absolute atomic E-state index is 0.0632. The maximum absolute atomic E-state index is 13.4. The van der Waals surface area contributed by atoms with E-state index in [2.05, 4.69) is 5.32 Å². The van der Waals surface area contributed by atoms with Crippen LogP contribution in [-0.4, -0.2) is 31.3 Å². The van der Waals surface area contributed by atoms with Crippen molar-refractivity contribution in [3.05, 3.63) is 59.4 Å². The highest BCUT2D eigenvalue weighted by molar-refractivity contribution is 7.91. The van der Waals surface area contributed by atoms with E-state index in [1.165, 1.54) is 42.5 Å². The smallest absolute Gasteiger partial charge is 0.255 e. The van der Waals surface area contributed by atoms with Gasteiger partial charge in [0, 0.05) is 11.3 Å². The molecule has 1 saturated carbocycles. The van der Waals surface area contributed by atoms with Crippen molar-refractivity contribution >= 4 is 21.4 Å². The Kier molecular flexibility index (Phi) is 6.15. The summed E-state index contributed by atoms with van der Waals surface area (Å²) in [4.78, 5) is 12.6. The van der Waals surface area contributed by atoms with Gasteiger partial charge in [-0.1, -0.05) is 18.9 Å². The molecule has 0 unspecified atom stereocenters. The SMILES string of the molecule is Cc1cc(NC(=O)c2cccc(S(=O)(=O)C[C@H]3CCCC[C@@H]3O)c2)ccc1F. The zero-order valence-corrected chi connectivity index (χ0v) is 16.5. The number of amides is 1. The molecule has 2 atom stereocenters. The Bertz CT molecular complexity index is 974. The molecule has 5 nitrogen and oxygen atoms in total. The van der Waals surface area contributed by atoms with Crippen molar-refractivity contribution in [1.29, 1.82) is 0 Å². The maximum atomic E-state index is 13.4. The summed E-state index contributed by atoms with van der Waals surface area (Å²) in [5, 5.41) is 12.7. The van der Waals surface area contributed by atoms with E-state index in [0.717, 1.165) is 12.8 Å². The number of hydrogen-bond donors (Lipinski definition) is 2. The third kappa shape index (κ3) is 4.77. The molecule has 1 aliphatic rings. The van der Waals surface area contributed by atoms with Crippen LogP contribution in [0.4, 0.5) is 10.1 Å². The first-order chi connectivity index (χ1) is 13.3. The van der Waals surface area contributed by atoms with E-state index in [0.29, 0.717) is 24.1 Å². The Morgan fingerprint density at radius 3 is 2.64 bits per heavy atom. The standard InChI is InChI=1S/C21H24FNO4S/c1-14-11-17(9-10-19(14)22)23-21(25)15-6-4-7-18(12-15)28(26,27)13-16-5-2-3-8-20(16)24/h4,6-7,9-12,16,20,24H,2-3,5,8,13H2,1H3,(H,23,25)/t16-,20+/m1/s1. The molecule has 0 heterocycles. The van der Waals surface area contributed by atoms with Gasteiger partial charge in [0.15, 0.2) is 9.84 Å². The van der Waals surface area contributed by atoms with Crippen LogP contribution in [0.5, 0.6) is 0 Å². The molecule has 0 aromatic heterocycles. The van der Waals surface area contributed by atoms with Crippen molar-refractivity contribution in [2.75, 3.05) is 11.1 Å². The summed E-state index contributed by atoms with van der Waals surface area (Å²) in [6.45, 7) is 1.60. The summed E-state index contributed by atoms with van der Waals surface area (Å²) < 4.78 is 38.9. The number of anilines is 1. The molecular weight excluding hydrogens is 381 g/mol. The van der Waals surface area contributed by atoms with Crippen molar-refractivity contribution < 1.29 is 22.7 Å². The Morgan fingerprint density at radius 1 is 1.18 bits per heavy atom. The lowest BCUT2D eigenvalue weighted by atomic mass is 9.88. The summed E-state index contributed by atoms with van der Waals surface area (Å²) >= 11 is 0. The fourth-order valence-corrected chi connectivity index (χ4v) is 5.25. The first-order valence-corrected chi connectivity index (χ1v) is 11.0. The highest BCUT2D eigenvalue weighted by Gasteiger charge is 2.29. The fraction of sp³-hybridized carbons (Fsp3) is 0.381. The monoisotopic (exact) mass is 405 g/mol. The average molecular weight is 405 g/mol. The van der Waals surface area contributed by atoms with Crippen molar-refractivity contribution in [2.24, 2.45) is 5.92 Å². The number of aliphatic hydroxyl groups excluding tert-OH is 1. The quantitative estimate of drug-likeness (QED) is 0.794. The number of rotatable bonds is 5. The van der Waals surface area contributed by atoms with Gasteiger partial charge < -0.3 is 10.4 Å². The summed E-state index contributed by atoms with van der Waals surface area (Å²) in [5.41, 5.74) is 1.04. The van der Waals surface area contributed by atoms with E-state index >= 15 is 0 Å². The highest BCUT2D eigenvalue weighted by Crippen LogP contribution is 2.28. The Hall–Kier alpha value is -2.25. The summed E-state index contributed by atoms with van der Waals surface area (Å²) in [6.07, 6.45) is 2.54. The van der Waals surface area contributed by atoms with Crippen LogP contribution in [0.25, 0.3) is 0 Å². The van der Waals surface area contributed by atoms with E-state index in [1.54, 1.807) is 6.92 Å². The predicted molar refractivity (Wildman–Crippen MR) is 106 cm³/mol. The van der Waals surface area contributed by atoms with Gasteiger partial charge in [-0.2, -0.15) is 0 Å². The molecule has 0 bridgehead atoms. The zero-order valence-electron chi connectivity index (χ0n) is 15.7. The van der Waals surface area contributed by atoms with Crippen LogP contribution in [0.3, 0.4) is 0 Å². The fourth-order valence-electron chi connectivity index (χ4n) is 3.52. The molecule has 150 valence electrons. The molecule has 0 radical (unpaired) electrons. The number of halogens is 1. The number of sulfone groups is 1. The van der Waals surface area contributed by atoms with Crippen molar-refractivity contribution in [3.63, 3.8) is 0 Å². The molecule has 0 spiro atoms. The second-order valence-electron chi connectivity index (χ2n) is 7.34. The molecule has 1 amide bonds. The summed E-state index contributed by atoms with van der Waals surface area (Å²) in [6, 6.07) is 10.1. The van der Waals surface area contributed by atoms with Crippen LogP contribution in [0.1, 0.15) is 41.6 Å². The lowest BCUT2D eigenvalue weighted by molar-refractivity contribution is 0.0807. The topological polar surface area (TPSA) is 83.5 Å².